The topological polar surface area (TPSA) is 110 Å². The van der Waals surface area contributed by atoms with Crippen molar-refractivity contribution < 1.29 is 15.0 Å². The summed E-state index contributed by atoms with van der Waals surface area (Å²) in [6, 6.07) is 6.58. The van der Waals surface area contributed by atoms with Crippen LogP contribution in [0.3, 0.4) is 0 Å². The summed E-state index contributed by atoms with van der Waals surface area (Å²) >= 11 is 0. The molecular formula is C18H19N5O3. The van der Waals surface area contributed by atoms with Crippen LogP contribution < -0.4 is 10.6 Å². The predicted octanol–water partition coefficient (Wildman–Crippen LogP) is 0.842. The van der Waals surface area contributed by atoms with E-state index in [1.165, 1.54) is 12.1 Å². The van der Waals surface area contributed by atoms with Gasteiger partial charge in [0, 0.05) is 49.5 Å². The van der Waals surface area contributed by atoms with Gasteiger partial charge in [0.1, 0.15) is 17.0 Å². The molecule has 3 heterocycles. The van der Waals surface area contributed by atoms with E-state index in [1.54, 1.807) is 24.6 Å². The monoisotopic (exact) mass is 353 g/mol. The molecule has 2 aromatic rings. The van der Waals surface area contributed by atoms with Crippen LogP contribution in [0.5, 0.6) is 5.75 Å². The van der Waals surface area contributed by atoms with Gasteiger partial charge >= 0.3 is 5.97 Å². The molecule has 1 saturated heterocycles. The zero-order valence-corrected chi connectivity index (χ0v) is 14.0. The van der Waals surface area contributed by atoms with Gasteiger partial charge in [0.15, 0.2) is 0 Å². The molecule has 0 aliphatic carbocycles. The van der Waals surface area contributed by atoms with Gasteiger partial charge in [-0.05, 0) is 18.2 Å². The molecule has 2 aliphatic heterocycles. The summed E-state index contributed by atoms with van der Waals surface area (Å²) < 4.78 is 0. The van der Waals surface area contributed by atoms with E-state index in [0.29, 0.717) is 10.9 Å². The maximum Gasteiger partial charge on any atom is 0.354 e. The van der Waals surface area contributed by atoms with Gasteiger partial charge in [-0.15, -0.1) is 0 Å². The number of phenols is 1. The molecule has 1 fully saturated rings. The van der Waals surface area contributed by atoms with E-state index in [4.69, 9.17) is 4.99 Å². The van der Waals surface area contributed by atoms with Crippen LogP contribution in [-0.4, -0.2) is 58.5 Å². The van der Waals surface area contributed by atoms with E-state index in [-0.39, 0.29) is 17.0 Å². The molecule has 26 heavy (non-hydrogen) atoms. The molecule has 0 spiro atoms. The molecule has 8 nitrogen and oxygen atoms in total. The number of rotatable bonds is 3. The molecule has 8 heteroatoms. The minimum Gasteiger partial charge on any atom is -0.506 e. The number of nitrogens with zero attached hydrogens (tertiary/aromatic N) is 3. The second-order valence-electron chi connectivity index (χ2n) is 6.22. The molecule has 4 N–H and O–H groups in total. The van der Waals surface area contributed by atoms with Crippen molar-refractivity contribution in [1.29, 1.82) is 0 Å². The molecular weight excluding hydrogens is 334 g/mol. The van der Waals surface area contributed by atoms with Crippen LogP contribution in [0, 0.1) is 0 Å². The number of aromatic hydroxyl groups is 1. The molecule has 1 aromatic carbocycles. The molecule has 134 valence electrons. The number of pyridine rings is 1. The Hall–Kier alpha value is -2.97. The number of nitrogens with one attached hydrogen (secondary N) is 2. The third-order valence-electron chi connectivity index (χ3n) is 4.72. The maximum absolute atomic E-state index is 11.6. The summed E-state index contributed by atoms with van der Waals surface area (Å²) in [5.41, 5.74) is 0.775. The summed E-state index contributed by atoms with van der Waals surface area (Å²) in [6.45, 7) is 3.10. The highest BCUT2D eigenvalue weighted by molar-refractivity contribution is 5.94. The van der Waals surface area contributed by atoms with Crippen molar-refractivity contribution in [2.24, 2.45) is 4.99 Å². The summed E-state index contributed by atoms with van der Waals surface area (Å²) in [5.74, 6) is -2.16. The number of aromatic nitrogens is 1. The number of hydrogen-bond donors (Lipinski definition) is 4. The SMILES string of the molecule is O=C(O)c1cc(C2(N3CCNCC3)N=CC=CN2)c2cccc(O)c2n1. The van der Waals surface area contributed by atoms with E-state index in [1.807, 2.05) is 6.07 Å². The fourth-order valence-corrected chi connectivity index (χ4v) is 3.51. The second kappa shape index (κ2) is 6.40. The lowest BCUT2D eigenvalue weighted by Gasteiger charge is -2.44. The highest BCUT2D eigenvalue weighted by atomic mass is 16.4. The lowest BCUT2D eigenvalue weighted by Crippen LogP contribution is -2.59. The van der Waals surface area contributed by atoms with E-state index in [9.17, 15) is 15.0 Å². The Morgan fingerprint density at radius 3 is 2.77 bits per heavy atom. The van der Waals surface area contributed by atoms with Gasteiger partial charge in [0.2, 0.25) is 5.79 Å². The van der Waals surface area contributed by atoms with Crippen molar-refractivity contribution in [3.05, 3.63) is 47.8 Å². The predicted molar refractivity (Wildman–Crippen MR) is 97.3 cm³/mol. The Kier molecular flexibility index (Phi) is 4.06. The number of benzene rings is 1. The van der Waals surface area contributed by atoms with Crippen LogP contribution in [-0.2, 0) is 5.79 Å². The lowest BCUT2D eigenvalue weighted by molar-refractivity contribution is 0.0591. The zero-order chi connectivity index (χ0) is 18.1. The number of phenolic OH excluding ortho intramolecular Hbond substituents is 1. The van der Waals surface area contributed by atoms with Gasteiger partial charge in [-0.2, -0.15) is 0 Å². The van der Waals surface area contributed by atoms with E-state index >= 15 is 0 Å². The van der Waals surface area contributed by atoms with Gasteiger partial charge < -0.3 is 20.8 Å². The number of carboxylic acids is 1. The number of hydrogen-bond acceptors (Lipinski definition) is 7. The number of aliphatic imine (C=N–C) groups is 1. The van der Waals surface area contributed by atoms with Crippen LogP contribution in [0.25, 0.3) is 10.9 Å². The van der Waals surface area contributed by atoms with Crippen molar-refractivity contribution in [2.75, 3.05) is 26.2 Å². The number of fused-ring (bicyclic) bond motifs is 1. The Bertz CT molecular complexity index is 920. The maximum atomic E-state index is 11.6. The Labute approximate surface area is 149 Å². The molecule has 0 amide bonds. The second-order valence-corrected chi connectivity index (χ2v) is 6.22. The van der Waals surface area contributed by atoms with Gasteiger partial charge in [-0.25, -0.2) is 14.8 Å². The third-order valence-corrected chi connectivity index (χ3v) is 4.72. The van der Waals surface area contributed by atoms with Gasteiger partial charge in [0.05, 0.1) is 0 Å². The summed E-state index contributed by atoms with van der Waals surface area (Å²) in [5, 5.41) is 27.0. The number of carboxylic acid groups (broad SMARTS) is 1. The average Bonchev–Trinajstić information content (AvgIpc) is 2.69. The Balaban J connectivity index is 2.00. The molecule has 0 bridgehead atoms. The standard InChI is InChI=1S/C18H19N5O3/c24-15-4-1-3-12-13(11-14(17(25)26)22-16(12)15)18(20-5-2-6-21-18)23-9-7-19-8-10-23/h1-6,11,19-20,24H,7-10H2,(H,25,26). The van der Waals surface area contributed by atoms with Crippen LogP contribution in [0.4, 0.5) is 0 Å². The largest absolute Gasteiger partial charge is 0.506 e. The first kappa shape index (κ1) is 16.5. The number of carbonyl (C=O) groups is 1. The number of aromatic carboxylic acids is 1. The number of piperazine rings is 1. The Morgan fingerprint density at radius 2 is 2.08 bits per heavy atom. The van der Waals surface area contributed by atoms with Crippen LogP contribution in [0.1, 0.15) is 16.1 Å². The van der Waals surface area contributed by atoms with E-state index in [0.717, 1.165) is 26.2 Å². The summed E-state index contributed by atoms with van der Waals surface area (Å²) in [6.07, 6.45) is 5.29. The first-order valence-electron chi connectivity index (χ1n) is 8.42. The normalized spacial score (nSPS) is 23.1. The van der Waals surface area contributed by atoms with Crippen molar-refractivity contribution in [1.82, 2.24) is 20.5 Å². The van der Waals surface area contributed by atoms with Gasteiger partial charge in [-0.1, -0.05) is 12.1 Å². The highest BCUT2D eigenvalue weighted by Crippen LogP contribution is 2.36. The minimum atomic E-state index is -1.15. The molecule has 1 unspecified atom stereocenters. The van der Waals surface area contributed by atoms with Gasteiger partial charge in [0.25, 0.3) is 0 Å². The van der Waals surface area contributed by atoms with Crippen molar-refractivity contribution >= 4 is 23.1 Å². The fourth-order valence-electron chi connectivity index (χ4n) is 3.51. The summed E-state index contributed by atoms with van der Waals surface area (Å²) in [7, 11) is 0. The summed E-state index contributed by atoms with van der Waals surface area (Å²) in [4.78, 5) is 22.6. The molecule has 0 saturated carbocycles. The molecule has 1 atom stereocenters. The number of allylic oxidation sites excluding steroid dienone is 1. The highest BCUT2D eigenvalue weighted by Gasteiger charge is 2.40. The first-order chi connectivity index (χ1) is 12.6. The number of para-hydroxylation sites is 1. The third kappa shape index (κ3) is 2.59. The first-order valence-corrected chi connectivity index (χ1v) is 8.42. The molecule has 4 rings (SSSR count). The van der Waals surface area contributed by atoms with E-state index < -0.39 is 11.8 Å². The average molecular weight is 353 g/mol. The lowest BCUT2D eigenvalue weighted by atomic mass is 9.98. The molecule has 0 radical (unpaired) electrons. The van der Waals surface area contributed by atoms with Gasteiger partial charge in [-0.3, -0.25) is 4.90 Å². The minimum absolute atomic E-state index is 0.0577. The smallest absolute Gasteiger partial charge is 0.354 e. The fraction of sp³-hybridized carbons (Fsp3) is 0.278. The van der Waals surface area contributed by atoms with Crippen molar-refractivity contribution in [2.45, 2.75) is 5.79 Å². The molecule has 1 aromatic heterocycles. The van der Waals surface area contributed by atoms with Crippen molar-refractivity contribution in [3.8, 4) is 5.75 Å². The quantitative estimate of drug-likeness (QED) is 0.647. The zero-order valence-electron chi connectivity index (χ0n) is 14.0. The molecule has 2 aliphatic rings. The van der Waals surface area contributed by atoms with Crippen LogP contribution in [0.2, 0.25) is 0 Å². The van der Waals surface area contributed by atoms with Crippen LogP contribution >= 0.6 is 0 Å². The Morgan fingerprint density at radius 1 is 1.27 bits per heavy atom. The van der Waals surface area contributed by atoms with Crippen LogP contribution in [0.15, 0.2) is 41.5 Å². The van der Waals surface area contributed by atoms with E-state index in [2.05, 4.69) is 20.5 Å². The van der Waals surface area contributed by atoms with Crippen molar-refractivity contribution in [3.63, 3.8) is 0 Å².